The number of hydrogen-bond donors (Lipinski definition) is 0. The molecule has 0 spiro atoms. The Morgan fingerprint density at radius 1 is 0.647 bits per heavy atom. The number of hydrogen-bond acceptors (Lipinski definition) is 5. The van der Waals surface area contributed by atoms with E-state index in [1.807, 2.05) is 0 Å². The first-order valence-corrected chi connectivity index (χ1v) is 14.4. The summed E-state index contributed by atoms with van der Waals surface area (Å²) in [6, 6.07) is 0.517. The van der Waals surface area contributed by atoms with Crippen LogP contribution >= 0.6 is 0 Å². The van der Waals surface area contributed by atoms with Crippen molar-refractivity contribution in [3.63, 3.8) is 0 Å². The number of unbranched alkanes of at least 4 members (excludes halogenated alkanes) is 12. The fourth-order valence-electron chi connectivity index (χ4n) is 4.24. The SMILES string of the molecule is COCCCCCCCCCC(CCCCCCCCCOC)OC(=O)CCCN(C)C(C)C. The Bertz CT molecular complexity index is 408. The van der Waals surface area contributed by atoms with Crippen molar-refractivity contribution in [2.45, 2.75) is 142 Å². The van der Waals surface area contributed by atoms with E-state index in [9.17, 15) is 4.79 Å². The van der Waals surface area contributed by atoms with Gasteiger partial charge in [0.2, 0.25) is 0 Å². The first kappa shape index (κ1) is 33.4. The lowest BCUT2D eigenvalue weighted by molar-refractivity contribution is -0.150. The quantitative estimate of drug-likeness (QED) is 0.0934. The molecule has 0 aromatic carbocycles. The monoisotopic (exact) mass is 485 g/mol. The zero-order valence-electron chi connectivity index (χ0n) is 23.6. The second-order valence-corrected chi connectivity index (χ2v) is 10.3. The van der Waals surface area contributed by atoms with Gasteiger partial charge in [-0.3, -0.25) is 4.79 Å². The van der Waals surface area contributed by atoms with Gasteiger partial charge in [-0.15, -0.1) is 0 Å². The lowest BCUT2D eigenvalue weighted by atomic mass is 10.0. The van der Waals surface area contributed by atoms with Crippen LogP contribution in [0, 0.1) is 0 Å². The summed E-state index contributed by atoms with van der Waals surface area (Å²) in [5.74, 6) is -0.00144. The molecule has 0 aliphatic heterocycles. The Kier molecular flexibility index (Phi) is 25.0. The Labute approximate surface area is 212 Å². The molecule has 0 saturated heterocycles. The lowest BCUT2D eigenvalue weighted by Gasteiger charge is -2.21. The van der Waals surface area contributed by atoms with Gasteiger partial charge in [0, 0.05) is 39.9 Å². The number of ether oxygens (including phenoxy) is 3. The molecule has 0 unspecified atom stereocenters. The van der Waals surface area contributed by atoms with E-state index in [4.69, 9.17) is 14.2 Å². The average molecular weight is 486 g/mol. The molecule has 0 rings (SSSR count). The van der Waals surface area contributed by atoms with Gasteiger partial charge in [-0.05, 0) is 72.4 Å². The number of carbonyl (C=O) groups excluding carboxylic acids is 1. The van der Waals surface area contributed by atoms with E-state index in [2.05, 4.69) is 25.8 Å². The van der Waals surface area contributed by atoms with E-state index >= 15 is 0 Å². The summed E-state index contributed by atoms with van der Waals surface area (Å²) in [5.41, 5.74) is 0. The van der Waals surface area contributed by atoms with Gasteiger partial charge in [-0.25, -0.2) is 0 Å². The Balaban J connectivity index is 4.11. The first-order valence-electron chi connectivity index (χ1n) is 14.4. The summed E-state index contributed by atoms with van der Waals surface area (Å²) < 4.78 is 16.2. The molecule has 0 amide bonds. The zero-order chi connectivity index (χ0) is 25.3. The van der Waals surface area contributed by atoms with Crippen LogP contribution in [0.15, 0.2) is 0 Å². The third kappa shape index (κ3) is 23.1. The third-order valence-corrected chi connectivity index (χ3v) is 6.82. The van der Waals surface area contributed by atoms with Crippen LogP contribution in [0.2, 0.25) is 0 Å². The number of carbonyl (C=O) groups is 1. The van der Waals surface area contributed by atoms with Crippen LogP contribution in [0.25, 0.3) is 0 Å². The summed E-state index contributed by atoms with van der Waals surface area (Å²) in [7, 11) is 5.67. The highest BCUT2D eigenvalue weighted by molar-refractivity contribution is 5.69. The van der Waals surface area contributed by atoms with Gasteiger partial charge in [0.25, 0.3) is 0 Å². The third-order valence-electron chi connectivity index (χ3n) is 6.82. The summed E-state index contributed by atoms with van der Waals surface area (Å²) in [4.78, 5) is 14.8. The van der Waals surface area contributed by atoms with Crippen LogP contribution in [0.5, 0.6) is 0 Å². The first-order chi connectivity index (χ1) is 16.5. The second kappa shape index (κ2) is 25.4. The highest BCUT2D eigenvalue weighted by atomic mass is 16.5. The minimum atomic E-state index is -0.00144. The Morgan fingerprint density at radius 2 is 1.06 bits per heavy atom. The molecular formula is C29H59NO4. The molecule has 0 aromatic heterocycles. The van der Waals surface area contributed by atoms with Crippen molar-refractivity contribution in [3.8, 4) is 0 Å². The van der Waals surface area contributed by atoms with E-state index < -0.39 is 0 Å². The van der Waals surface area contributed by atoms with Gasteiger partial charge in [-0.1, -0.05) is 64.2 Å². The van der Waals surface area contributed by atoms with Gasteiger partial charge in [-0.2, -0.15) is 0 Å². The molecule has 204 valence electrons. The maximum Gasteiger partial charge on any atom is 0.306 e. The standard InChI is InChI=1S/C29H59NO4/c1-27(2)30(3)24-20-23-29(31)34-28(21-16-12-8-6-10-14-18-25-32-4)22-17-13-9-7-11-15-19-26-33-5/h27-28H,6-26H2,1-5H3. The predicted octanol–water partition coefficient (Wildman–Crippen LogP) is 7.55. The largest absolute Gasteiger partial charge is 0.462 e. The highest BCUT2D eigenvalue weighted by Crippen LogP contribution is 2.18. The fourth-order valence-corrected chi connectivity index (χ4v) is 4.24. The summed E-state index contributed by atoms with van der Waals surface area (Å²) in [5, 5.41) is 0. The summed E-state index contributed by atoms with van der Waals surface area (Å²) in [6.45, 7) is 7.09. The van der Waals surface area contributed by atoms with Gasteiger partial charge in [0.15, 0.2) is 0 Å². The highest BCUT2D eigenvalue weighted by Gasteiger charge is 2.15. The molecule has 0 aliphatic rings. The molecule has 5 heteroatoms. The average Bonchev–Trinajstić information content (AvgIpc) is 2.81. The number of esters is 1. The van der Waals surface area contributed by atoms with Gasteiger partial charge >= 0.3 is 5.97 Å². The van der Waals surface area contributed by atoms with Crippen molar-refractivity contribution in [1.82, 2.24) is 4.90 Å². The molecule has 0 aliphatic carbocycles. The Morgan fingerprint density at radius 3 is 1.47 bits per heavy atom. The fraction of sp³-hybridized carbons (Fsp3) is 0.966. The molecule has 0 radical (unpaired) electrons. The van der Waals surface area contributed by atoms with Crippen molar-refractivity contribution in [2.75, 3.05) is 41.0 Å². The topological polar surface area (TPSA) is 48.0 Å². The smallest absolute Gasteiger partial charge is 0.306 e. The van der Waals surface area contributed by atoms with Gasteiger partial charge < -0.3 is 19.1 Å². The minimum absolute atomic E-state index is 0.00144. The molecule has 0 bridgehead atoms. The zero-order valence-corrected chi connectivity index (χ0v) is 23.6. The van der Waals surface area contributed by atoms with Crippen molar-refractivity contribution >= 4 is 5.97 Å². The molecule has 0 saturated carbocycles. The van der Waals surface area contributed by atoms with Crippen LogP contribution in [0.3, 0.4) is 0 Å². The summed E-state index contributed by atoms with van der Waals surface area (Å²) >= 11 is 0. The maximum absolute atomic E-state index is 12.5. The molecule has 0 atom stereocenters. The molecule has 0 aromatic rings. The predicted molar refractivity (Wildman–Crippen MR) is 145 cm³/mol. The van der Waals surface area contributed by atoms with E-state index in [-0.39, 0.29) is 12.1 Å². The molecule has 0 heterocycles. The molecular weight excluding hydrogens is 426 g/mol. The molecule has 0 fully saturated rings. The minimum Gasteiger partial charge on any atom is -0.462 e. The van der Waals surface area contributed by atoms with Crippen molar-refractivity contribution in [1.29, 1.82) is 0 Å². The van der Waals surface area contributed by atoms with E-state index in [0.717, 1.165) is 39.0 Å². The van der Waals surface area contributed by atoms with Crippen LogP contribution < -0.4 is 0 Å². The lowest BCUT2D eigenvalue weighted by Crippen LogP contribution is -2.28. The maximum atomic E-state index is 12.5. The van der Waals surface area contributed by atoms with Crippen LogP contribution in [-0.4, -0.2) is 64.0 Å². The summed E-state index contributed by atoms with van der Waals surface area (Å²) in [6.07, 6.45) is 21.1. The van der Waals surface area contributed by atoms with Crippen LogP contribution in [0.1, 0.15) is 129 Å². The van der Waals surface area contributed by atoms with E-state index in [1.165, 1.54) is 89.9 Å². The van der Waals surface area contributed by atoms with E-state index in [0.29, 0.717) is 12.5 Å². The molecule has 5 nitrogen and oxygen atoms in total. The van der Waals surface area contributed by atoms with Crippen LogP contribution in [0.4, 0.5) is 0 Å². The second-order valence-electron chi connectivity index (χ2n) is 10.3. The van der Waals surface area contributed by atoms with Crippen molar-refractivity contribution < 1.29 is 19.0 Å². The normalized spacial score (nSPS) is 11.8. The van der Waals surface area contributed by atoms with Crippen molar-refractivity contribution in [2.24, 2.45) is 0 Å². The number of nitrogens with zero attached hydrogens (tertiary/aromatic N) is 1. The Hall–Kier alpha value is -0.650. The van der Waals surface area contributed by atoms with Gasteiger partial charge in [0.1, 0.15) is 6.10 Å². The molecule has 34 heavy (non-hydrogen) atoms. The van der Waals surface area contributed by atoms with Gasteiger partial charge in [0.05, 0.1) is 0 Å². The molecule has 0 N–H and O–H groups in total. The van der Waals surface area contributed by atoms with E-state index in [1.54, 1.807) is 14.2 Å². The number of rotatable bonds is 26. The van der Waals surface area contributed by atoms with Crippen molar-refractivity contribution in [3.05, 3.63) is 0 Å². The van der Waals surface area contributed by atoms with Crippen LogP contribution in [-0.2, 0) is 19.0 Å². The number of methoxy groups -OCH3 is 2.